The summed E-state index contributed by atoms with van der Waals surface area (Å²) in [6, 6.07) is 7.97. The van der Waals surface area contributed by atoms with Crippen molar-refractivity contribution in [2.45, 2.75) is 6.54 Å². The van der Waals surface area contributed by atoms with Gasteiger partial charge in [-0.2, -0.15) is 4.57 Å². The lowest BCUT2D eigenvalue weighted by Crippen LogP contribution is -3.00. The van der Waals surface area contributed by atoms with Crippen LogP contribution in [-0.2, 0) is 6.54 Å². The molecule has 1 N–H and O–H groups in total. The number of nitrogens with zero attached hydrogens (tertiary/aromatic N) is 2. The standard InChI is InChI=1S/C11H10N2OS.ClH/c14-12-7-10-3-1-5-13(8-10)9-11-4-2-6-15-11;/h1-8H,9H2;1H/b12-7+;. The van der Waals surface area contributed by atoms with Crippen LogP contribution < -0.4 is 17.0 Å². The molecule has 0 radical (unpaired) electrons. The zero-order chi connectivity index (χ0) is 10.5. The Morgan fingerprint density at radius 3 is 2.94 bits per heavy atom. The Balaban J connectivity index is 0.00000128. The van der Waals surface area contributed by atoms with Crippen LogP contribution in [0.25, 0.3) is 0 Å². The van der Waals surface area contributed by atoms with E-state index in [0.717, 1.165) is 12.1 Å². The van der Waals surface area contributed by atoms with Gasteiger partial charge >= 0.3 is 0 Å². The van der Waals surface area contributed by atoms with E-state index in [-0.39, 0.29) is 12.4 Å². The number of halogens is 1. The molecule has 0 amide bonds. The average Bonchev–Trinajstić information content (AvgIpc) is 2.71. The molecule has 2 rings (SSSR count). The van der Waals surface area contributed by atoms with Crippen molar-refractivity contribution in [1.29, 1.82) is 0 Å². The van der Waals surface area contributed by atoms with Crippen LogP contribution in [0.3, 0.4) is 0 Å². The molecular weight excluding hydrogens is 244 g/mol. The number of hydrogen-bond donors (Lipinski definition) is 1. The van der Waals surface area contributed by atoms with E-state index in [1.807, 2.05) is 30.6 Å². The average molecular weight is 255 g/mol. The summed E-state index contributed by atoms with van der Waals surface area (Å²) in [6.45, 7) is 0.852. The highest BCUT2D eigenvalue weighted by molar-refractivity contribution is 7.09. The Morgan fingerprint density at radius 1 is 1.38 bits per heavy atom. The molecule has 0 aromatic carbocycles. The summed E-state index contributed by atoms with van der Waals surface area (Å²) in [7, 11) is 0. The quantitative estimate of drug-likeness (QED) is 0.321. The molecule has 5 heteroatoms. The summed E-state index contributed by atoms with van der Waals surface area (Å²) in [5, 5.41) is 13.5. The third-order valence-electron chi connectivity index (χ3n) is 2.01. The normalized spacial score (nSPS) is 10.2. The van der Waals surface area contributed by atoms with Crippen molar-refractivity contribution in [2.75, 3.05) is 0 Å². The van der Waals surface area contributed by atoms with Gasteiger partial charge in [0.1, 0.15) is 0 Å². The number of hydrogen-bond acceptors (Lipinski definition) is 3. The zero-order valence-corrected chi connectivity index (χ0v) is 10.0. The zero-order valence-electron chi connectivity index (χ0n) is 8.45. The van der Waals surface area contributed by atoms with Gasteiger partial charge in [-0.15, -0.1) is 11.3 Å². The van der Waals surface area contributed by atoms with Crippen LogP contribution in [0.1, 0.15) is 10.4 Å². The molecule has 2 aromatic heterocycles. The van der Waals surface area contributed by atoms with Gasteiger partial charge in [0.15, 0.2) is 18.9 Å². The summed E-state index contributed by atoms with van der Waals surface area (Å²) in [6.07, 6.45) is 5.36. The first-order valence-electron chi connectivity index (χ1n) is 4.57. The van der Waals surface area contributed by atoms with Crippen molar-refractivity contribution in [1.82, 2.24) is 0 Å². The Morgan fingerprint density at radius 2 is 2.25 bits per heavy atom. The maximum absolute atomic E-state index is 8.43. The van der Waals surface area contributed by atoms with E-state index in [4.69, 9.17) is 5.21 Å². The summed E-state index contributed by atoms with van der Waals surface area (Å²) >= 11 is 1.73. The van der Waals surface area contributed by atoms with Crippen LogP contribution >= 0.6 is 11.3 Å². The van der Waals surface area contributed by atoms with Crippen molar-refractivity contribution in [3.05, 3.63) is 52.5 Å². The lowest BCUT2D eigenvalue weighted by Gasteiger charge is -1.94. The molecule has 16 heavy (non-hydrogen) atoms. The van der Waals surface area contributed by atoms with Gasteiger partial charge in [0.25, 0.3) is 0 Å². The predicted molar refractivity (Wildman–Crippen MR) is 59.4 cm³/mol. The molecule has 0 bridgehead atoms. The van der Waals surface area contributed by atoms with E-state index < -0.39 is 0 Å². The highest BCUT2D eigenvalue weighted by Crippen LogP contribution is 2.07. The van der Waals surface area contributed by atoms with E-state index in [9.17, 15) is 0 Å². The molecule has 0 saturated carbocycles. The first-order valence-corrected chi connectivity index (χ1v) is 5.45. The number of thiophene rings is 1. The van der Waals surface area contributed by atoms with Crippen LogP contribution in [0.15, 0.2) is 47.2 Å². The number of aromatic nitrogens is 1. The first kappa shape index (κ1) is 12.7. The Kier molecular flexibility index (Phi) is 4.95. The maximum atomic E-state index is 8.43. The number of oxime groups is 1. The largest absolute Gasteiger partial charge is 1.00 e. The van der Waals surface area contributed by atoms with Crippen molar-refractivity contribution >= 4 is 17.6 Å². The van der Waals surface area contributed by atoms with Gasteiger partial charge < -0.3 is 17.6 Å². The van der Waals surface area contributed by atoms with Gasteiger partial charge in [0, 0.05) is 6.07 Å². The van der Waals surface area contributed by atoms with Gasteiger partial charge in [0.05, 0.1) is 16.7 Å². The third kappa shape index (κ3) is 3.32. The molecule has 2 aromatic rings. The van der Waals surface area contributed by atoms with Crippen molar-refractivity contribution in [2.24, 2.45) is 5.16 Å². The second-order valence-corrected chi connectivity index (χ2v) is 4.17. The topological polar surface area (TPSA) is 36.5 Å². The Hall–Kier alpha value is -1.39. The molecule has 0 aliphatic rings. The summed E-state index contributed by atoms with van der Waals surface area (Å²) in [5.74, 6) is 0. The number of pyridine rings is 1. The molecule has 0 aliphatic heterocycles. The molecule has 0 aliphatic carbocycles. The molecule has 0 atom stereocenters. The van der Waals surface area contributed by atoms with Gasteiger partial charge in [0.2, 0.25) is 0 Å². The molecule has 0 spiro atoms. The molecule has 0 unspecified atom stereocenters. The smallest absolute Gasteiger partial charge is 0.182 e. The van der Waals surface area contributed by atoms with Gasteiger partial charge in [-0.05, 0) is 17.5 Å². The van der Waals surface area contributed by atoms with E-state index in [1.54, 1.807) is 11.3 Å². The van der Waals surface area contributed by atoms with Gasteiger partial charge in [-0.25, -0.2) is 0 Å². The van der Waals surface area contributed by atoms with Crippen LogP contribution in [0.2, 0.25) is 0 Å². The molecule has 0 fully saturated rings. The summed E-state index contributed by atoms with van der Waals surface area (Å²) in [4.78, 5) is 1.30. The maximum Gasteiger partial charge on any atom is 0.182 e. The highest BCUT2D eigenvalue weighted by atomic mass is 35.5. The Bertz CT molecular complexity index is 457. The molecule has 0 saturated heterocycles. The molecule has 2 heterocycles. The lowest BCUT2D eigenvalue weighted by atomic mass is 10.3. The second-order valence-electron chi connectivity index (χ2n) is 3.13. The monoisotopic (exact) mass is 254 g/mol. The fourth-order valence-electron chi connectivity index (χ4n) is 1.37. The molecule has 84 valence electrons. The van der Waals surface area contributed by atoms with E-state index in [0.29, 0.717) is 0 Å². The minimum Gasteiger partial charge on any atom is -1.00 e. The van der Waals surface area contributed by atoms with Crippen molar-refractivity contribution in [3.63, 3.8) is 0 Å². The predicted octanol–water partition coefficient (Wildman–Crippen LogP) is -1.10. The molecular formula is C11H11ClN2OS. The summed E-state index contributed by atoms with van der Waals surface area (Å²) < 4.78 is 2.06. The van der Waals surface area contributed by atoms with Crippen LogP contribution in [0.5, 0.6) is 0 Å². The highest BCUT2D eigenvalue weighted by Gasteiger charge is 2.03. The SMILES string of the molecule is O/N=C/c1ccc[n+](Cc2cccs2)c1.[Cl-]. The van der Waals surface area contributed by atoms with Crippen LogP contribution in [-0.4, -0.2) is 11.4 Å². The lowest BCUT2D eigenvalue weighted by molar-refractivity contribution is -0.687. The van der Waals surface area contributed by atoms with Crippen molar-refractivity contribution in [3.8, 4) is 0 Å². The second kappa shape index (κ2) is 6.25. The fourth-order valence-corrected chi connectivity index (χ4v) is 2.08. The number of rotatable bonds is 3. The van der Waals surface area contributed by atoms with E-state index in [1.165, 1.54) is 11.1 Å². The van der Waals surface area contributed by atoms with Gasteiger partial charge in [-0.3, -0.25) is 0 Å². The minimum absolute atomic E-state index is 0. The van der Waals surface area contributed by atoms with Crippen molar-refractivity contribution < 1.29 is 22.2 Å². The van der Waals surface area contributed by atoms with Crippen LogP contribution in [0, 0.1) is 0 Å². The van der Waals surface area contributed by atoms with Crippen LogP contribution in [0.4, 0.5) is 0 Å². The minimum atomic E-state index is 0. The third-order valence-corrected chi connectivity index (χ3v) is 2.87. The fraction of sp³-hybridized carbons (Fsp3) is 0.0909. The molecule has 3 nitrogen and oxygen atoms in total. The van der Waals surface area contributed by atoms with E-state index >= 15 is 0 Å². The first-order chi connectivity index (χ1) is 7.38. The van der Waals surface area contributed by atoms with E-state index in [2.05, 4.69) is 21.2 Å². The Labute approximate surface area is 104 Å². The summed E-state index contributed by atoms with van der Waals surface area (Å²) in [5.41, 5.74) is 0.886. The van der Waals surface area contributed by atoms with Gasteiger partial charge in [-0.1, -0.05) is 11.2 Å².